The van der Waals surface area contributed by atoms with Crippen LogP contribution in [0.25, 0.3) is 21.9 Å². The van der Waals surface area contributed by atoms with E-state index in [2.05, 4.69) is 5.32 Å². The molecule has 0 atom stereocenters. The SMILES string of the molecule is CCOc1ccc(-c2cc(C(=O)Nc3ccc(SC(F)F)cc3)cc3cc(OC)c(OC)cc23)cc1. The summed E-state index contributed by atoms with van der Waals surface area (Å²) in [6.45, 7) is 2.49. The van der Waals surface area contributed by atoms with E-state index in [-0.39, 0.29) is 5.91 Å². The van der Waals surface area contributed by atoms with Crippen molar-refractivity contribution >= 4 is 34.1 Å². The lowest BCUT2D eigenvalue weighted by Crippen LogP contribution is -2.12. The molecule has 4 rings (SSSR count). The number of benzene rings is 4. The zero-order chi connectivity index (χ0) is 25.7. The molecule has 0 aromatic heterocycles. The van der Waals surface area contributed by atoms with Gasteiger partial charge >= 0.3 is 0 Å². The highest BCUT2D eigenvalue weighted by atomic mass is 32.2. The summed E-state index contributed by atoms with van der Waals surface area (Å²) in [6, 6.07) is 21.3. The molecule has 0 spiro atoms. The zero-order valence-electron chi connectivity index (χ0n) is 20.0. The van der Waals surface area contributed by atoms with Crippen LogP contribution in [0, 0.1) is 0 Å². The molecule has 0 fully saturated rings. The highest BCUT2D eigenvalue weighted by Crippen LogP contribution is 2.38. The first kappa shape index (κ1) is 25.3. The van der Waals surface area contributed by atoms with E-state index in [1.165, 1.54) is 0 Å². The minimum atomic E-state index is -2.50. The van der Waals surface area contributed by atoms with Crippen molar-refractivity contribution in [3.8, 4) is 28.4 Å². The number of hydrogen-bond donors (Lipinski definition) is 1. The van der Waals surface area contributed by atoms with Crippen LogP contribution in [0.4, 0.5) is 14.5 Å². The van der Waals surface area contributed by atoms with Crippen molar-refractivity contribution in [1.29, 1.82) is 0 Å². The van der Waals surface area contributed by atoms with Crippen LogP contribution < -0.4 is 19.5 Å². The van der Waals surface area contributed by atoms with Gasteiger partial charge in [-0.2, -0.15) is 8.78 Å². The largest absolute Gasteiger partial charge is 0.494 e. The van der Waals surface area contributed by atoms with Gasteiger partial charge in [0.15, 0.2) is 11.5 Å². The fourth-order valence-corrected chi connectivity index (χ4v) is 4.38. The summed E-state index contributed by atoms with van der Waals surface area (Å²) in [5, 5.41) is 4.54. The monoisotopic (exact) mass is 509 g/mol. The first-order valence-electron chi connectivity index (χ1n) is 11.2. The second-order valence-corrected chi connectivity index (χ2v) is 8.83. The molecule has 8 heteroatoms. The summed E-state index contributed by atoms with van der Waals surface area (Å²) in [6.07, 6.45) is 0. The van der Waals surface area contributed by atoms with E-state index in [4.69, 9.17) is 14.2 Å². The average molecular weight is 510 g/mol. The second kappa shape index (κ2) is 11.3. The van der Waals surface area contributed by atoms with Crippen LogP contribution >= 0.6 is 11.8 Å². The van der Waals surface area contributed by atoms with Gasteiger partial charge in [0.05, 0.1) is 20.8 Å². The van der Waals surface area contributed by atoms with Gasteiger partial charge in [0.25, 0.3) is 11.7 Å². The molecule has 4 aromatic carbocycles. The Morgan fingerprint density at radius 1 is 0.917 bits per heavy atom. The predicted molar refractivity (Wildman–Crippen MR) is 140 cm³/mol. The van der Waals surface area contributed by atoms with Crippen molar-refractivity contribution in [2.75, 3.05) is 26.1 Å². The highest BCUT2D eigenvalue weighted by Gasteiger charge is 2.16. The zero-order valence-corrected chi connectivity index (χ0v) is 20.8. The first-order valence-corrected chi connectivity index (χ1v) is 12.1. The van der Waals surface area contributed by atoms with E-state index in [0.29, 0.717) is 46.0 Å². The molecule has 0 aliphatic heterocycles. The normalized spacial score (nSPS) is 10.9. The lowest BCUT2D eigenvalue weighted by Gasteiger charge is -2.15. The molecule has 4 aromatic rings. The Bertz CT molecular complexity index is 1360. The van der Waals surface area contributed by atoms with Gasteiger partial charge in [-0.15, -0.1) is 0 Å². The number of hydrogen-bond acceptors (Lipinski definition) is 5. The predicted octanol–water partition coefficient (Wildman–Crippen LogP) is 7.49. The summed E-state index contributed by atoms with van der Waals surface area (Å²) in [5.41, 5.74) is 2.68. The molecule has 186 valence electrons. The molecule has 0 radical (unpaired) electrons. The van der Waals surface area contributed by atoms with Gasteiger partial charge in [-0.25, -0.2) is 0 Å². The summed E-state index contributed by atoms with van der Waals surface area (Å²) in [4.78, 5) is 13.6. The number of halogens is 2. The smallest absolute Gasteiger partial charge is 0.288 e. The van der Waals surface area contributed by atoms with Crippen LogP contribution in [0.3, 0.4) is 0 Å². The van der Waals surface area contributed by atoms with Crippen molar-refractivity contribution < 1.29 is 27.8 Å². The Hall–Kier alpha value is -3.78. The van der Waals surface area contributed by atoms with E-state index in [1.54, 1.807) is 44.6 Å². The third-order valence-corrected chi connectivity index (χ3v) is 6.26. The summed E-state index contributed by atoms with van der Waals surface area (Å²) < 4.78 is 41.7. The van der Waals surface area contributed by atoms with E-state index in [0.717, 1.165) is 27.6 Å². The lowest BCUT2D eigenvalue weighted by atomic mass is 9.94. The Kier molecular flexibility index (Phi) is 7.95. The molecule has 0 aliphatic rings. The third-order valence-electron chi connectivity index (χ3n) is 5.53. The van der Waals surface area contributed by atoms with Crippen molar-refractivity contribution in [3.05, 3.63) is 78.4 Å². The quantitative estimate of drug-likeness (QED) is 0.237. The van der Waals surface area contributed by atoms with E-state index in [9.17, 15) is 13.6 Å². The minimum absolute atomic E-state index is 0.326. The van der Waals surface area contributed by atoms with Gasteiger partial charge in [-0.1, -0.05) is 23.9 Å². The Balaban J connectivity index is 1.75. The van der Waals surface area contributed by atoms with Crippen LogP contribution in [0.5, 0.6) is 17.2 Å². The van der Waals surface area contributed by atoms with Crippen LogP contribution in [0.1, 0.15) is 17.3 Å². The molecule has 1 N–H and O–H groups in total. The van der Waals surface area contributed by atoms with E-state index < -0.39 is 5.76 Å². The van der Waals surface area contributed by atoms with Crippen molar-refractivity contribution in [2.24, 2.45) is 0 Å². The first-order chi connectivity index (χ1) is 17.4. The van der Waals surface area contributed by atoms with Crippen molar-refractivity contribution in [1.82, 2.24) is 0 Å². The minimum Gasteiger partial charge on any atom is -0.494 e. The fraction of sp³-hybridized carbons (Fsp3) is 0.179. The number of alkyl halides is 2. The summed E-state index contributed by atoms with van der Waals surface area (Å²) in [5.74, 6) is -0.941. The highest BCUT2D eigenvalue weighted by molar-refractivity contribution is 7.99. The van der Waals surface area contributed by atoms with Crippen LogP contribution in [-0.4, -0.2) is 32.5 Å². The molecular weight excluding hydrogens is 484 g/mol. The molecule has 1 amide bonds. The molecule has 0 heterocycles. The van der Waals surface area contributed by atoms with E-state index in [1.807, 2.05) is 49.4 Å². The van der Waals surface area contributed by atoms with Crippen molar-refractivity contribution in [3.63, 3.8) is 0 Å². The number of ether oxygens (including phenoxy) is 3. The lowest BCUT2D eigenvalue weighted by molar-refractivity contribution is 0.102. The topological polar surface area (TPSA) is 56.8 Å². The maximum absolute atomic E-state index is 13.2. The van der Waals surface area contributed by atoms with Gasteiger partial charge in [0, 0.05) is 16.1 Å². The van der Waals surface area contributed by atoms with Gasteiger partial charge in [0.1, 0.15) is 5.75 Å². The molecule has 0 saturated heterocycles. The standard InChI is InChI=1S/C28H25F2NO4S/c1-4-35-21-9-5-17(6-10-21)23-14-19(13-18-15-25(33-2)26(34-3)16-24(18)23)27(32)31-20-7-11-22(12-8-20)36-28(29)30/h5-16,28H,4H2,1-3H3,(H,31,32). The van der Waals surface area contributed by atoms with Crippen LogP contribution in [0.2, 0.25) is 0 Å². The molecule has 36 heavy (non-hydrogen) atoms. The number of amides is 1. The Morgan fingerprint density at radius 2 is 1.58 bits per heavy atom. The molecular formula is C28H25F2NO4S. The maximum atomic E-state index is 13.2. The van der Waals surface area contributed by atoms with Gasteiger partial charge in [-0.05, 0) is 89.5 Å². The number of rotatable bonds is 9. The number of thioether (sulfide) groups is 1. The Morgan fingerprint density at radius 3 is 2.19 bits per heavy atom. The second-order valence-electron chi connectivity index (χ2n) is 7.77. The number of methoxy groups -OCH3 is 2. The fourth-order valence-electron chi connectivity index (χ4n) is 3.88. The average Bonchev–Trinajstić information content (AvgIpc) is 2.88. The number of nitrogens with one attached hydrogen (secondary N) is 1. The van der Waals surface area contributed by atoms with Gasteiger partial charge in [0.2, 0.25) is 0 Å². The maximum Gasteiger partial charge on any atom is 0.288 e. The molecule has 0 saturated carbocycles. The van der Waals surface area contributed by atoms with Crippen LogP contribution in [-0.2, 0) is 0 Å². The van der Waals surface area contributed by atoms with Crippen molar-refractivity contribution in [2.45, 2.75) is 17.6 Å². The molecule has 0 unspecified atom stereocenters. The number of anilines is 1. The molecule has 0 bridgehead atoms. The Labute approximate surface area is 212 Å². The van der Waals surface area contributed by atoms with Gasteiger partial charge in [-0.3, -0.25) is 4.79 Å². The summed E-state index contributed by atoms with van der Waals surface area (Å²) in [7, 11) is 3.14. The molecule has 5 nitrogen and oxygen atoms in total. The summed E-state index contributed by atoms with van der Waals surface area (Å²) >= 11 is 0.457. The van der Waals surface area contributed by atoms with Gasteiger partial charge < -0.3 is 19.5 Å². The molecule has 0 aliphatic carbocycles. The number of fused-ring (bicyclic) bond motifs is 1. The third kappa shape index (κ3) is 5.71. The van der Waals surface area contributed by atoms with Crippen LogP contribution in [0.15, 0.2) is 77.7 Å². The van der Waals surface area contributed by atoms with E-state index >= 15 is 0 Å². The number of carbonyl (C=O) groups excluding carboxylic acids is 1. The number of carbonyl (C=O) groups is 1.